The molecule has 120 valence electrons. The van der Waals surface area contributed by atoms with Crippen molar-refractivity contribution >= 4 is 45.4 Å². The topological polar surface area (TPSA) is 64.1 Å². The number of thiazole rings is 2. The highest BCUT2D eigenvalue weighted by molar-refractivity contribution is 7.18. The summed E-state index contributed by atoms with van der Waals surface area (Å²) < 4.78 is 4.65. The van der Waals surface area contributed by atoms with E-state index < -0.39 is 5.97 Å². The van der Waals surface area contributed by atoms with Gasteiger partial charge in [0.15, 0.2) is 15.2 Å². The standard InChI is InChI=1S/C14H18ClN3O2S2/c1-14(2,3)12-17-8(7-21-12)5-6-16-13-18-10(15)9(22-13)11(19)20-4/h7H,5-6H2,1-4H3,(H,16,18). The minimum atomic E-state index is -0.468. The summed E-state index contributed by atoms with van der Waals surface area (Å²) in [6, 6.07) is 0. The fraction of sp³-hybridized carbons (Fsp3) is 0.500. The molecule has 0 aliphatic carbocycles. The smallest absolute Gasteiger partial charge is 0.351 e. The molecule has 0 fully saturated rings. The molecule has 0 amide bonds. The maximum Gasteiger partial charge on any atom is 0.351 e. The van der Waals surface area contributed by atoms with E-state index in [4.69, 9.17) is 11.6 Å². The molecule has 2 aromatic heterocycles. The molecule has 0 aliphatic rings. The molecule has 2 aromatic rings. The lowest BCUT2D eigenvalue weighted by molar-refractivity contribution is 0.0606. The predicted octanol–water partition coefficient (Wildman–Crippen LogP) is 3.99. The minimum Gasteiger partial charge on any atom is -0.465 e. The van der Waals surface area contributed by atoms with Crippen LogP contribution in [0.4, 0.5) is 5.13 Å². The summed E-state index contributed by atoms with van der Waals surface area (Å²) in [6.45, 7) is 7.14. The lowest BCUT2D eigenvalue weighted by Gasteiger charge is -2.13. The fourth-order valence-electron chi connectivity index (χ4n) is 1.66. The zero-order valence-electron chi connectivity index (χ0n) is 12.9. The summed E-state index contributed by atoms with van der Waals surface area (Å²) >= 11 is 8.79. The van der Waals surface area contributed by atoms with Crippen molar-refractivity contribution in [2.45, 2.75) is 32.6 Å². The van der Waals surface area contributed by atoms with E-state index in [1.165, 1.54) is 18.4 Å². The molecule has 0 atom stereocenters. The SMILES string of the molecule is COC(=O)c1sc(NCCc2csc(C(C)(C)C)n2)nc1Cl. The Kier molecular flexibility index (Phi) is 5.41. The molecule has 1 N–H and O–H groups in total. The lowest BCUT2D eigenvalue weighted by Crippen LogP contribution is -2.11. The third-order valence-corrected chi connectivity index (χ3v) is 5.50. The Morgan fingerprint density at radius 2 is 2.14 bits per heavy atom. The highest BCUT2D eigenvalue weighted by atomic mass is 35.5. The van der Waals surface area contributed by atoms with Gasteiger partial charge in [-0.2, -0.15) is 0 Å². The predicted molar refractivity (Wildman–Crippen MR) is 91.5 cm³/mol. The van der Waals surface area contributed by atoms with Gasteiger partial charge >= 0.3 is 5.97 Å². The number of carbonyl (C=O) groups is 1. The Morgan fingerprint density at radius 1 is 1.41 bits per heavy atom. The summed E-state index contributed by atoms with van der Waals surface area (Å²) in [5, 5.41) is 7.15. The van der Waals surface area contributed by atoms with Crippen LogP contribution in [-0.2, 0) is 16.6 Å². The first-order valence-corrected chi connectivity index (χ1v) is 8.82. The highest BCUT2D eigenvalue weighted by Crippen LogP contribution is 2.28. The molecule has 8 heteroatoms. The van der Waals surface area contributed by atoms with E-state index in [1.54, 1.807) is 11.3 Å². The number of halogens is 1. The first-order valence-electron chi connectivity index (χ1n) is 6.74. The molecule has 0 aliphatic heterocycles. The monoisotopic (exact) mass is 359 g/mol. The maximum absolute atomic E-state index is 11.5. The van der Waals surface area contributed by atoms with Crippen molar-refractivity contribution in [3.05, 3.63) is 26.1 Å². The van der Waals surface area contributed by atoms with Crippen LogP contribution < -0.4 is 5.32 Å². The number of aromatic nitrogens is 2. The molecule has 0 radical (unpaired) electrons. The number of nitrogens with one attached hydrogen (secondary N) is 1. The van der Waals surface area contributed by atoms with Crippen LogP contribution in [0.25, 0.3) is 0 Å². The van der Waals surface area contributed by atoms with Gasteiger partial charge in [0.1, 0.15) is 0 Å². The number of esters is 1. The maximum atomic E-state index is 11.5. The molecular formula is C14H18ClN3O2S2. The van der Waals surface area contributed by atoms with Gasteiger partial charge in [0.05, 0.1) is 17.8 Å². The Morgan fingerprint density at radius 3 is 2.73 bits per heavy atom. The van der Waals surface area contributed by atoms with Gasteiger partial charge in [0.2, 0.25) is 0 Å². The molecule has 2 heterocycles. The Labute approximate surface area is 142 Å². The number of methoxy groups -OCH3 is 1. The molecule has 0 spiro atoms. The Hall–Kier alpha value is -1.18. The molecule has 0 saturated heterocycles. The Bertz CT molecular complexity index is 661. The number of hydrogen-bond donors (Lipinski definition) is 1. The number of nitrogens with zero attached hydrogens (tertiary/aromatic N) is 2. The first-order chi connectivity index (χ1) is 10.3. The average Bonchev–Trinajstić information content (AvgIpc) is 3.04. The van der Waals surface area contributed by atoms with Crippen LogP contribution in [-0.4, -0.2) is 29.6 Å². The summed E-state index contributed by atoms with van der Waals surface area (Å²) in [7, 11) is 1.32. The fourth-order valence-corrected chi connectivity index (χ4v) is 3.73. The van der Waals surface area contributed by atoms with Crippen LogP contribution in [0.2, 0.25) is 5.15 Å². The summed E-state index contributed by atoms with van der Waals surface area (Å²) in [5.41, 5.74) is 1.13. The normalized spacial score (nSPS) is 11.5. The summed E-state index contributed by atoms with van der Waals surface area (Å²) in [4.78, 5) is 20.5. The van der Waals surface area contributed by atoms with Gasteiger partial charge in [-0.15, -0.1) is 11.3 Å². The zero-order chi connectivity index (χ0) is 16.3. The van der Waals surface area contributed by atoms with Crippen LogP contribution >= 0.6 is 34.3 Å². The van der Waals surface area contributed by atoms with Gasteiger partial charge in [0, 0.05) is 23.8 Å². The molecular weight excluding hydrogens is 342 g/mol. The van der Waals surface area contributed by atoms with Gasteiger partial charge in [-0.3, -0.25) is 0 Å². The number of carbonyl (C=O) groups excluding carboxylic acids is 1. The van der Waals surface area contributed by atoms with Crippen LogP contribution in [0, 0.1) is 0 Å². The Balaban J connectivity index is 1.91. The zero-order valence-corrected chi connectivity index (χ0v) is 15.3. The molecule has 0 saturated carbocycles. The van der Waals surface area contributed by atoms with E-state index in [2.05, 4.69) is 46.2 Å². The van der Waals surface area contributed by atoms with E-state index in [1.807, 2.05) is 0 Å². The van der Waals surface area contributed by atoms with Crippen molar-refractivity contribution in [3.63, 3.8) is 0 Å². The van der Waals surface area contributed by atoms with Gasteiger partial charge in [-0.25, -0.2) is 14.8 Å². The molecule has 22 heavy (non-hydrogen) atoms. The minimum absolute atomic E-state index is 0.0780. The van der Waals surface area contributed by atoms with Crippen LogP contribution in [0.15, 0.2) is 5.38 Å². The summed E-state index contributed by atoms with van der Waals surface area (Å²) in [6.07, 6.45) is 0.789. The highest BCUT2D eigenvalue weighted by Gasteiger charge is 2.19. The molecule has 0 unspecified atom stereocenters. The molecule has 5 nitrogen and oxygen atoms in total. The second-order valence-corrected chi connectivity index (χ2v) is 7.92. The van der Waals surface area contributed by atoms with Crippen LogP contribution in [0.5, 0.6) is 0 Å². The number of anilines is 1. The van der Waals surface area contributed by atoms with Gasteiger partial charge in [0.25, 0.3) is 0 Å². The number of rotatable bonds is 5. The van der Waals surface area contributed by atoms with Crippen molar-refractivity contribution < 1.29 is 9.53 Å². The largest absolute Gasteiger partial charge is 0.465 e. The third kappa shape index (κ3) is 4.18. The van der Waals surface area contributed by atoms with Crippen LogP contribution in [0.1, 0.15) is 41.1 Å². The van der Waals surface area contributed by atoms with E-state index >= 15 is 0 Å². The molecule has 2 rings (SSSR count). The van der Waals surface area contributed by atoms with E-state index in [0.717, 1.165) is 17.1 Å². The van der Waals surface area contributed by atoms with E-state index in [0.29, 0.717) is 16.6 Å². The number of hydrogen-bond acceptors (Lipinski definition) is 7. The first kappa shape index (κ1) is 17.2. The van der Waals surface area contributed by atoms with Crippen molar-refractivity contribution in [1.29, 1.82) is 0 Å². The molecule has 0 aromatic carbocycles. The van der Waals surface area contributed by atoms with Crippen molar-refractivity contribution in [2.24, 2.45) is 0 Å². The number of ether oxygens (including phenoxy) is 1. The lowest BCUT2D eigenvalue weighted by atomic mass is 9.98. The quantitative estimate of drug-likeness (QED) is 0.817. The van der Waals surface area contributed by atoms with Crippen molar-refractivity contribution in [3.8, 4) is 0 Å². The third-order valence-electron chi connectivity index (χ3n) is 2.81. The van der Waals surface area contributed by atoms with E-state index in [-0.39, 0.29) is 10.6 Å². The van der Waals surface area contributed by atoms with Gasteiger partial charge in [-0.05, 0) is 0 Å². The average molecular weight is 360 g/mol. The van der Waals surface area contributed by atoms with Crippen molar-refractivity contribution in [2.75, 3.05) is 19.0 Å². The second kappa shape index (κ2) is 6.93. The van der Waals surface area contributed by atoms with Gasteiger partial charge in [-0.1, -0.05) is 43.7 Å². The van der Waals surface area contributed by atoms with Crippen molar-refractivity contribution in [1.82, 2.24) is 9.97 Å². The van der Waals surface area contributed by atoms with E-state index in [9.17, 15) is 4.79 Å². The van der Waals surface area contributed by atoms with Gasteiger partial charge < -0.3 is 10.1 Å². The molecule has 0 bridgehead atoms. The second-order valence-electron chi connectivity index (χ2n) is 5.70. The van der Waals surface area contributed by atoms with Crippen LogP contribution in [0.3, 0.4) is 0 Å². The summed E-state index contributed by atoms with van der Waals surface area (Å²) in [5.74, 6) is -0.468.